The van der Waals surface area contributed by atoms with Crippen molar-refractivity contribution in [2.24, 2.45) is 0 Å². The highest BCUT2D eigenvalue weighted by atomic mass is 16.1. The van der Waals surface area contributed by atoms with Gasteiger partial charge in [-0.25, -0.2) is 0 Å². The number of nitrogens with zero attached hydrogens (tertiary/aromatic N) is 1. The molecule has 14 heavy (non-hydrogen) atoms. The second-order valence-electron chi connectivity index (χ2n) is 3.42. The smallest absolute Gasteiger partial charge is 0.228 e. The van der Waals surface area contributed by atoms with Gasteiger partial charge in [-0.05, 0) is 17.0 Å². The minimum Gasteiger partial charge on any atom is -0.325 e. The predicted octanol–water partition coefficient (Wildman–Crippen LogP) is 1.73. The molecule has 1 aromatic heterocycles. The standard InChI is InChI=1S/C11H8N2O/c14-10-5-8-2-1-7-3-4-12-6-9(7)11(8)13-10/h1-4,6H,5H2,(H,13,14). The Hall–Kier alpha value is -1.90. The first kappa shape index (κ1) is 7.50. The molecule has 0 radical (unpaired) electrons. The Morgan fingerprint density at radius 2 is 2.21 bits per heavy atom. The summed E-state index contributed by atoms with van der Waals surface area (Å²) in [5.74, 6) is 0.0661. The number of carbonyl (C=O) groups is 1. The number of aromatic nitrogens is 1. The zero-order valence-electron chi connectivity index (χ0n) is 7.45. The van der Waals surface area contributed by atoms with Gasteiger partial charge in [0.15, 0.2) is 0 Å². The lowest BCUT2D eigenvalue weighted by atomic mass is 10.1. The van der Waals surface area contributed by atoms with E-state index in [0.29, 0.717) is 6.42 Å². The summed E-state index contributed by atoms with van der Waals surface area (Å²) < 4.78 is 0. The molecule has 1 amide bonds. The van der Waals surface area contributed by atoms with Crippen molar-refractivity contribution in [2.75, 3.05) is 5.32 Å². The quantitative estimate of drug-likeness (QED) is 0.677. The fourth-order valence-corrected chi connectivity index (χ4v) is 1.86. The van der Waals surface area contributed by atoms with Crippen LogP contribution in [-0.4, -0.2) is 10.9 Å². The van der Waals surface area contributed by atoms with Crippen molar-refractivity contribution in [1.29, 1.82) is 0 Å². The summed E-state index contributed by atoms with van der Waals surface area (Å²) in [6.07, 6.45) is 4.03. The summed E-state index contributed by atoms with van der Waals surface area (Å²) in [7, 11) is 0. The molecule has 0 unspecified atom stereocenters. The van der Waals surface area contributed by atoms with Crippen molar-refractivity contribution in [3.8, 4) is 0 Å². The highest BCUT2D eigenvalue weighted by molar-refractivity contribution is 6.08. The van der Waals surface area contributed by atoms with Gasteiger partial charge in [-0.15, -0.1) is 0 Å². The normalized spacial score (nSPS) is 14.1. The number of hydrogen-bond acceptors (Lipinski definition) is 2. The summed E-state index contributed by atoms with van der Waals surface area (Å²) in [4.78, 5) is 15.3. The first-order chi connectivity index (χ1) is 6.84. The van der Waals surface area contributed by atoms with Crippen LogP contribution in [0.25, 0.3) is 10.8 Å². The number of rotatable bonds is 0. The van der Waals surface area contributed by atoms with Gasteiger partial charge in [0.25, 0.3) is 0 Å². The first-order valence-electron chi connectivity index (χ1n) is 4.50. The summed E-state index contributed by atoms with van der Waals surface area (Å²) in [5.41, 5.74) is 2.00. The molecule has 3 rings (SSSR count). The van der Waals surface area contributed by atoms with Crippen LogP contribution in [0.1, 0.15) is 5.56 Å². The summed E-state index contributed by atoms with van der Waals surface area (Å²) >= 11 is 0. The lowest BCUT2D eigenvalue weighted by molar-refractivity contribution is -0.115. The number of amides is 1. The first-order valence-corrected chi connectivity index (χ1v) is 4.50. The Morgan fingerprint density at radius 3 is 3.14 bits per heavy atom. The van der Waals surface area contributed by atoms with Crippen LogP contribution in [0.4, 0.5) is 5.69 Å². The molecule has 1 aliphatic heterocycles. The molecular weight excluding hydrogens is 176 g/mol. The molecule has 0 spiro atoms. The average Bonchev–Trinajstić information content (AvgIpc) is 2.59. The maximum atomic E-state index is 11.2. The monoisotopic (exact) mass is 184 g/mol. The summed E-state index contributed by atoms with van der Waals surface area (Å²) in [6, 6.07) is 5.96. The molecule has 0 bridgehead atoms. The van der Waals surface area contributed by atoms with Crippen molar-refractivity contribution < 1.29 is 4.79 Å². The van der Waals surface area contributed by atoms with E-state index in [1.165, 1.54) is 0 Å². The summed E-state index contributed by atoms with van der Waals surface area (Å²) in [6.45, 7) is 0. The van der Waals surface area contributed by atoms with Gasteiger partial charge in [0.05, 0.1) is 12.1 Å². The third-order valence-corrected chi connectivity index (χ3v) is 2.52. The molecular formula is C11H8N2O. The third kappa shape index (κ3) is 0.923. The average molecular weight is 184 g/mol. The van der Waals surface area contributed by atoms with Crippen LogP contribution in [0.3, 0.4) is 0 Å². The van der Waals surface area contributed by atoms with Gasteiger partial charge >= 0.3 is 0 Å². The Bertz CT molecular complexity index is 534. The highest BCUT2D eigenvalue weighted by Crippen LogP contribution is 2.30. The van der Waals surface area contributed by atoms with E-state index in [-0.39, 0.29) is 5.91 Å². The number of anilines is 1. The van der Waals surface area contributed by atoms with Crippen LogP contribution in [-0.2, 0) is 11.2 Å². The van der Waals surface area contributed by atoms with E-state index in [0.717, 1.165) is 22.0 Å². The maximum absolute atomic E-state index is 11.2. The topological polar surface area (TPSA) is 42.0 Å². The Labute approximate surface area is 80.8 Å². The number of nitrogens with one attached hydrogen (secondary N) is 1. The van der Waals surface area contributed by atoms with Crippen molar-refractivity contribution in [2.45, 2.75) is 6.42 Å². The third-order valence-electron chi connectivity index (χ3n) is 2.52. The maximum Gasteiger partial charge on any atom is 0.228 e. The van der Waals surface area contributed by atoms with Crippen LogP contribution < -0.4 is 5.32 Å². The largest absolute Gasteiger partial charge is 0.325 e. The number of benzene rings is 1. The van der Waals surface area contributed by atoms with Crippen LogP contribution in [0.15, 0.2) is 30.6 Å². The molecule has 68 valence electrons. The zero-order valence-corrected chi connectivity index (χ0v) is 7.45. The van der Waals surface area contributed by atoms with Gasteiger partial charge in [0.2, 0.25) is 5.91 Å². The molecule has 1 aliphatic rings. The molecule has 1 aromatic carbocycles. The molecule has 3 heteroatoms. The SMILES string of the molecule is O=C1Cc2ccc3ccncc3c2N1. The molecule has 0 atom stereocenters. The molecule has 2 aromatic rings. The number of pyridine rings is 1. The van der Waals surface area contributed by atoms with Gasteiger partial charge in [0, 0.05) is 17.8 Å². The van der Waals surface area contributed by atoms with Crippen molar-refractivity contribution >= 4 is 22.4 Å². The molecule has 2 heterocycles. The van der Waals surface area contributed by atoms with Crippen LogP contribution in [0.5, 0.6) is 0 Å². The van der Waals surface area contributed by atoms with Crippen molar-refractivity contribution in [1.82, 2.24) is 4.98 Å². The number of carbonyl (C=O) groups excluding carboxylic acids is 1. The van der Waals surface area contributed by atoms with E-state index >= 15 is 0 Å². The van der Waals surface area contributed by atoms with Gasteiger partial charge < -0.3 is 5.32 Å². The van der Waals surface area contributed by atoms with Gasteiger partial charge in [-0.1, -0.05) is 12.1 Å². The van der Waals surface area contributed by atoms with E-state index in [1.54, 1.807) is 12.4 Å². The summed E-state index contributed by atoms with van der Waals surface area (Å²) in [5, 5.41) is 5.00. The lowest BCUT2D eigenvalue weighted by Gasteiger charge is -2.03. The van der Waals surface area contributed by atoms with Crippen molar-refractivity contribution in [3.05, 3.63) is 36.2 Å². The van der Waals surface area contributed by atoms with Crippen LogP contribution in [0.2, 0.25) is 0 Å². The molecule has 0 aliphatic carbocycles. The van der Waals surface area contributed by atoms with E-state index in [2.05, 4.69) is 10.3 Å². The number of fused-ring (bicyclic) bond motifs is 3. The molecule has 0 saturated carbocycles. The second kappa shape index (κ2) is 2.54. The van der Waals surface area contributed by atoms with Crippen LogP contribution in [0, 0.1) is 0 Å². The second-order valence-corrected chi connectivity index (χ2v) is 3.42. The molecule has 3 nitrogen and oxygen atoms in total. The van der Waals surface area contributed by atoms with E-state index in [9.17, 15) is 4.79 Å². The minimum absolute atomic E-state index is 0.0661. The fraction of sp³-hybridized carbons (Fsp3) is 0.0909. The van der Waals surface area contributed by atoms with E-state index in [1.807, 2.05) is 18.2 Å². The van der Waals surface area contributed by atoms with Crippen LogP contribution >= 0.6 is 0 Å². The fourth-order valence-electron chi connectivity index (χ4n) is 1.86. The minimum atomic E-state index is 0.0661. The zero-order chi connectivity index (χ0) is 9.54. The Morgan fingerprint density at radius 1 is 1.29 bits per heavy atom. The molecule has 0 saturated heterocycles. The Balaban J connectivity index is 2.39. The Kier molecular flexibility index (Phi) is 1.36. The van der Waals surface area contributed by atoms with Gasteiger partial charge in [-0.2, -0.15) is 0 Å². The van der Waals surface area contributed by atoms with E-state index in [4.69, 9.17) is 0 Å². The lowest BCUT2D eigenvalue weighted by Crippen LogP contribution is -2.03. The highest BCUT2D eigenvalue weighted by Gasteiger charge is 2.19. The van der Waals surface area contributed by atoms with Gasteiger partial charge in [0.1, 0.15) is 0 Å². The number of hydrogen-bond donors (Lipinski definition) is 1. The van der Waals surface area contributed by atoms with Crippen molar-refractivity contribution in [3.63, 3.8) is 0 Å². The predicted molar refractivity (Wildman–Crippen MR) is 54.1 cm³/mol. The molecule has 0 fully saturated rings. The van der Waals surface area contributed by atoms with E-state index < -0.39 is 0 Å². The molecule has 1 N–H and O–H groups in total. The van der Waals surface area contributed by atoms with Gasteiger partial charge in [-0.3, -0.25) is 9.78 Å².